The van der Waals surface area contributed by atoms with Gasteiger partial charge in [-0.2, -0.15) is 0 Å². The average Bonchev–Trinajstić information content (AvgIpc) is 3.39. The number of benzene rings is 2. The van der Waals surface area contributed by atoms with Crippen LogP contribution >= 0.6 is 0 Å². The van der Waals surface area contributed by atoms with Gasteiger partial charge < -0.3 is 14.5 Å². The number of hydrogen-bond acceptors (Lipinski definition) is 4. The Labute approximate surface area is 156 Å². The van der Waals surface area contributed by atoms with Gasteiger partial charge in [-0.3, -0.25) is 4.79 Å². The molecular weight excluding hydrogens is 347 g/mol. The van der Waals surface area contributed by atoms with Gasteiger partial charge >= 0.3 is 0 Å². The topological polar surface area (TPSA) is 64.4 Å². The van der Waals surface area contributed by atoms with Crippen molar-refractivity contribution >= 4 is 5.91 Å². The first-order chi connectivity index (χ1) is 13.2. The van der Waals surface area contributed by atoms with E-state index in [1.807, 2.05) is 6.07 Å². The zero-order valence-electron chi connectivity index (χ0n) is 14.7. The van der Waals surface area contributed by atoms with Crippen LogP contribution in [0.15, 0.2) is 59.1 Å². The summed E-state index contributed by atoms with van der Waals surface area (Å²) in [6.07, 6.45) is 3.64. The summed E-state index contributed by atoms with van der Waals surface area (Å²) < 4.78 is 24.5. The largest absolute Gasteiger partial charge is 0.436 e. The van der Waals surface area contributed by atoms with Gasteiger partial charge in [0.05, 0.1) is 17.9 Å². The molecule has 0 radical (unpaired) electrons. The molecule has 3 aromatic rings. The summed E-state index contributed by atoms with van der Waals surface area (Å²) >= 11 is 0. The average molecular weight is 366 g/mol. The summed E-state index contributed by atoms with van der Waals surface area (Å²) in [4.78, 5) is 16.9. The second kappa shape index (κ2) is 7.72. The van der Waals surface area contributed by atoms with Crippen molar-refractivity contribution in [1.82, 2.24) is 10.3 Å². The fraction of sp³-hybridized carbons (Fsp3) is 0.238. The number of aromatic nitrogens is 1. The van der Waals surface area contributed by atoms with E-state index in [0.29, 0.717) is 29.3 Å². The Morgan fingerprint density at radius 3 is 2.78 bits per heavy atom. The first kappa shape index (κ1) is 17.4. The van der Waals surface area contributed by atoms with Crippen molar-refractivity contribution in [3.05, 3.63) is 66.1 Å². The van der Waals surface area contributed by atoms with Crippen LogP contribution in [0.3, 0.4) is 0 Å². The van der Waals surface area contributed by atoms with Gasteiger partial charge in [0.1, 0.15) is 5.82 Å². The van der Waals surface area contributed by atoms with Crippen LogP contribution < -0.4 is 5.32 Å². The van der Waals surface area contributed by atoms with Crippen LogP contribution in [0.2, 0.25) is 0 Å². The van der Waals surface area contributed by atoms with Crippen molar-refractivity contribution in [1.29, 1.82) is 0 Å². The summed E-state index contributed by atoms with van der Waals surface area (Å²) in [6, 6.07) is 13.1. The number of oxazole rings is 1. The van der Waals surface area contributed by atoms with E-state index in [2.05, 4.69) is 10.3 Å². The third-order valence-electron chi connectivity index (χ3n) is 4.55. The van der Waals surface area contributed by atoms with E-state index in [0.717, 1.165) is 25.0 Å². The Kier molecular flexibility index (Phi) is 4.98. The molecule has 0 spiro atoms. The maximum Gasteiger partial charge on any atom is 0.252 e. The fourth-order valence-electron chi connectivity index (χ4n) is 3.12. The minimum absolute atomic E-state index is 0.0768. The van der Waals surface area contributed by atoms with Crippen molar-refractivity contribution in [2.75, 3.05) is 13.2 Å². The molecule has 1 N–H and O–H groups in total. The van der Waals surface area contributed by atoms with Gasteiger partial charge in [-0.15, -0.1) is 0 Å². The molecule has 0 saturated carbocycles. The molecular formula is C21H19FN2O3. The molecule has 1 aliphatic rings. The van der Waals surface area contributed by atoms with Gasteiger partial charge in [-0.1, -0.05) is 12.1 Å². The first-order valence-electron chi connectivity index (χ1n) is 8.91. The summed E-state index contributed by atoms with van der Waals surface area (Å²) in [5.41, 5.74) is 1.81. The van der Waals surface area contributed by atoms with Crippen molar-refractivity contribution in [2.24, 2.45) is 0 Å². The lowest BCUT2D eigenvalue weighted by atomic mass is 10.1. The number of ether oxygens (including phenoxy) is 1. The van der Waals surface area contributed by atoms with Crippen molar-refractivity contribution in [3.63, 3.8) is 0 Å². The molecule has 6 heteroatoms. The van der Waals surface area contributed by atoms with Crippen LogP contribution in [0.5, 0.6) is 0 Å². The molecule has 0 bridgehead atoms. The molecule has 2 heterocycles. The highest BCUT2D eigenvalue weighted by Crippen LogP contribution is 2.28. The molecule has 0 unspecified atom stereocenters. The monoisotopic (exact) mass is 366 g/mol. The van der Waals surface area contributed by atoms with Gasteiger partial charge in [-0.05, 0) is 49.2 Å². The number of carbonyl (C=O) groups is 1. The summed E-state index contributed by atoms with van der Waals surface area (Å²) in [5, 5.41) is 2.92. The van der Waals surface area contributed by atoms with Gasteiger partial charge in [0, 0.05) is 24.3 Å². The summed E-state index contributed by atoms with van der Waals surface area (Å²) in [5.74, 6) is 0.353. The Morgan fingerprint density at radius 2 is 2.00 bits per heavy atom. The zero-order valence-corrected chi connectivity index (χ0v) is 14.7. The molecule has 27 heavy (non-hydrogen) atoms. The van der Waals surface area contributed by atoms with Gasteiger partial charge in [0.25, 0.3) is 5.91 Å². The van der Waals surface area contributed by atoms with Crippen LogP contribution in [0.25, 0.3) is 22.8 Å². The lowest BCUT2D eigenvalue weighted by molar-refractivity contribution is 0.0858. The maximum atomic E-state index is 13.1. The smallest absolute Gasteiger partial charge is 0.252 e. The third kappa shape index (κ3) is 3.90. The molecule has 2 aromatic carbocycles. The van der Waals surface area contributed by atoms with E-state index in [1.54, 1.807) is 36.5 Å². The van der Waals surface area contributed by atoms with Crippen LogP contribution in [0.4, 0.5) is 4.39 Å². The maximum absolute atomic E-state index is 13.1. The Hall–Kier alpha value is -2.99. The quantitative estimate of drug-likeness (QED) is 0.740. The molecule has 1 amide bonds. The third-order valence-corrected chi connectivity index (χ3v) is 4.55. The number of amides is 1. The summed E-state index contributed by atoms with van der Waals surface area (Å²) in [6.45, 7) is 1.24. The van der Waals surface area contributed by atoms with Crippen LogP contribution in [-0.4, -0.2) is 30.1 Å². The lowest BCUT2D eigenvalue weighted by Crippen LogP contribution is -2.32. The Morgan fingerprint density at radius 1 is 1.19 bits per heavy atom. The number of nitrogens with zero attached hydrogens (tertiary/aromatic N) is 1. The second-order valence-electron chi connectivity index (χ2n) is 6.43. The molecule has 1 fully saturated rings. The van der Waals surface area contributed by atoms with Crippen molar-refractivity contribution < 1.29 is 18.3 Å². The van der Waals surface area contributed by atoms with Crippen LogP contribution in [0, 0.1) is 5.82 Å². The minimum atomic E-state index is -0.313. The van der Waals surface area contributed by atoms with Crippen molar-refractivity contribution in [2.45, 2.75) is 18.9 Å². The van der Waals surface area contributed by atoms with Crippen LogP contribution in [-0.2, 0) is 4.74 Å². The highest BCUT2D eigenvalue weighted by molar-refractivity contribution is 6.00. The first-order valence-corrected chi connectivity index (χ1v) is 8.91. The highest BCUT2D eigenvalue weighted by Gasteiger charge is 2.20. The summed E-state index contributed by atoms with van der Waals surface area (Å²) in [7, 11) is 0. The second-order valence-corrected chi connectivity index (χ2v) is 6.43. The predicted molar refractivity (Wildman–Crippen MR) is 98.6 cm³/mol. The van der Waals surface area contributed by atoms with E-state index in [4.69, 9.17) is 9.15 Å². The molecule has 1 saturated heterocycles. The SMILES string of the molecule is O=C(NC[C@H]1CCCO1)c1ccccc1-c1ncc(-c2ccc(F)cc2)o1. The normalized spacial score (nSPS) is 16.4. The fourth-order valence-corrected chi connectivity index (χ4v) is 3.12. The Bertz CT molecular complexity index is 931. The number of rotatable bonds is 5. The van der Waals surface area contributed by atoms with E-state index < -0.39 is 0 Å². The number of hydrogen-bond donors (Lipinski definition) is 1. The standard InChI is InChI=1S/C21H19FN2O3/c22-15-9-7-14(8-10-15)19-13-24-21(27-19)18-6-2-1-5-17(18)20(25)23-12-16-4-3-11-26-16/h1-2,5-10,13,16H,3-4,11-12H2,(H,23,25)/t16-/m1/s1. The van der Waals surface area contributed by atoms with Gasteiger partial charge in [-0.25, -0.2) is 9.37 Å². The molecule has 1 atom stereocenters. The number of carbonyl (C=O) groups excluding carboxylic acids is 1. The molecule has 138 valence electrons. The molecule has 1 aliphatic heterocycles. The molecule has 1 aromatic heterocycles. The number of halogens is 1. The molecule has 5 nitrogen and oxygen atoms in total. The molecule has 0 aliphatic carbocycles. The van der Waals surface area contributed by atoms with E-state index in [1.165, 1.54) is 12.1 Å². The van der Waals surface area contributed by atoms with Gasteiger partial charge in [0.15, 0.2) is 5.76 Å². The zero-order chi connectivity index (χ0) is 18.6. The molecule has 4 rings (SSSR count). The van der Waals surface area contributed by atoms with E-state index in [9.17, 15) is 9.18 Å². The minimum Gasteiger partial charge on any atom is -0.436 e. The van der Waals surface area contributed by atoms with E-state index >= 15 is 0 Å². The van der Waals surface area contributed by atoms with E-state index in [-0.39, 0.29) is 17.8 Å². The van der Waals surface area contributed by atoms with Gasteiger partial charge in [0.2, 0.25) is 5.89 Å². The van der Waals surface area contributed by atoms with Crippen LogP contribution in [0.1, 0.15) is 23.2 Å². The van der Waals surface area contributed by atoms with Crippen molar-refractivity contribution in [3.8, 4) is 22.8 Å². The highest BCUT2D eigenvalue weighted by atomic mass is 19.1. The lowest BCUT2D eigenvalue weighted by Gasteiger charge is -2.12. The predicted octanol–water partition coefficient (Wildman–Crippen LogP) is 4.06. The Balaban J connectivity index is 1.55. The number of nitrogens with one attached hydrogen (secondary N) is 1.